The molecule has 0 radical (unpaired) electrons. The van der Waals surface area contributed by atoms with Crippen molar-refractivity contribution < 1.29 is 9.31 Å². The SMILES string of the molecule is Cc1nn(C)c(NC2CCCN(c3ccccc3F)C2)c1[N+](=O)[O-]. The molecule has 1 aromatic carbocycles. The van der Waals surface area contributed by atoms with Gasteiger partial charge in [-0.05, 0) is 31.9 Å². The summed E-state index contributed by atoms with van der Waals surface area (Å²) in [5.74, 6) is 0.151. The maximum atomic E-state index is 14.0. The Labute approximate surface area is 139 Å². The van der Waals surface area contributed by atoms with Crippen LogP contribution in [0, 0.1) is 22.9 Å². The molecule has 2 aromatic rings. The number of nitro groups is 1. The number of aryl methyl sites for hydroxylation is 2. The monoisotopic (exact) mass is 333 g/mol. The van der Waals surface area contributed by atoms with Crippen molar-refractivity contribution in [3.8, 4) is 0 Å². The highest BCUT2D eigenvalue weighted by molar-refractivity contribution is 5.60. The van der Waals surface area contributed by atoms with Gasteiger partial charge in [-0.15, -0.1) is 0 Å². The van der Waals surface area contributed by atoms with E-state index in [0.717, 1.165) is 19.4 Å². The number of halogens is 1. The van der Waals surface area contributed by atoms with Crippen LogP contribution in [0.15, 0.2) is 24.3 Å². The van der Waals surface area contributed by atoms with E-state index in [2.05, 4.69) is 10.4 Å². The zero-order chi connectivity index (χ0) is 17.3. The van der Waals surface area contributed by atoms with E-state index in [1.54, 1.807) is 26.1 Å². The number of benzene rings is 1. The van der Waals surface area contributed by atoms with Crippen LogP contribution in [0.1, 0.15) is 18.5 Å². The molecule has 0 aliphatic carbocycles. The molecular formula is C16H20FN5O2. The highest BCUT2D eigenvalue weighted by Crippen LogP contribution is 2.30. The van der Waals surface area contributed by atoms with E-state index >= 15 is 0 Å². The van der Waals surface area contributed by atoms with E-state index in [4.69, 9.17) is 0 Å². The van der Waals surface area contributed by atoms with Gasteiger partial charge in [0, 0.05) is 26.2 Å². The molecule has 1 atom stereocenters. The number of aromatic nitrogens is 2. The van der Waals surface area contributed by atoms with Gasteiger partial charge in [-0.2, -0.15) is 5.10 Å². The average molecular weight is 333 g/mol. The Balaban J connectivity index is 1.80. The maximum Gasteiger partial charge on any atom is 0.333 e. The summed E-state index contributed by atoms with van der Waals surface area (Å²) in [6.45, 7) is 2.98. The molecule has 2 heterocycles. The van der Waals surface area contributed by atoms with Crippen molar-refractivity contribution in [2.45, 2.75) is 25.8 Å². The molecule has 1 fully saturated rings. The molecule has 1 saturated heterocycles. The Hall–Kier alpha value is -2.64. The minimum atomic E-state index is -0.415. The number of piperidine rings is 1. The molecule has 1 aliphatic heterocycles. The summed E-state index contributed by atoms with van der Waals surface area (Å²) in [7, 11) is 1.68. The van der Waals surface area contributed by atoms with Crippen molar-refractivity contribution in [2.24, 2.45) is 7.05 Å². The van der Waals surface area contributed by atoms with Crippen molar-refractivity contribution in [1.29, 1.82) is 0 Å². The van der Waals surface area contributed by atoms with Crippen molar-refractivity contribution in [2.75, 3.05) is 23.3 Å². The second kappa shape index (κ2) is 6.46. The standard InChI is InChI=1S/C16H20FN5O2/c1-11-15(22(23)24)16(20(2)19-11)18-12-6-5-9-21(10-12)14-8-4-3-7-13(14)17/h3-4,7-8,12,18H,5-6,9-10H2,1-2H3. The second-order valence-electron chi connectivity index (χ2n) is 6.04. The topological polar surface area (TPSA) is 76.2 Å². The zero-order valence-electron chi connectivity index (χ0n) is 13.7. The van der Waals surface area contributed by atoms with E-state index in [9.17, 15) is 14.5 Å². The molecule has 1 aliphatic rings. The molecule has 0 amide bonds. The number of anilines is 2. The number of nitrogens with zero attached hydrogens (tertiary/aromatic N) is 4. The molecule has 3 rings (SSSR count). The lowest BCUT2D eigenvalue weighted by Crippen LogP contribution is -2.42. The van der Waals surface area contributed by atoms with Gasteiger partial charge in [-0.1, -0.05) is 12.1 Å². The van der Waals surface area contributed by atoms with Gasteiger partial charge in [0.2, 0.25) is 5.82 Å². The van der Waals surface area contributed by atoms with Crippen LogP contribution in [0.25, 0.3) is 0 Å². The molecule has 0 bridgehead atoms. The van der Waals surface area contributed by atoms with Crippen molar-refractivity contribution in [3.05, 3.63) is 45.9 Å². The van der Waals surface area contributed by atoms with Gasteiger partial charge in [0.1, 0.15) is 11.5 Å². The predicted molar refractivity (Wildman–Crippen MR) is 89.9 cm³/mol. The quantitative estimate of drug-likeness (QED) is 0.688. The Morgan fingerprint density at radius 1 is 1.42 bits per heavy atom. The smallest absolute Gasteiger partial charge is 0.333 e. The summed E-state index contributed by atoms with van der Waals surface area (Å²) < 4.78 is 15.5. The number of para-hydroxylation sites is 1. The van der Waals surface area contributed by atoms with Gasteiger partial charge in [0.15, 0.2) is 0 Å². The molecule has 1 N–H and O–H groups in total. The van der Waals surface area contributed by atoms with Gasteiger partial charge < -0.3 is 10.2 Å². The summed E-state index contributed by atoms with van der Waals surface area (Å²) in [6.07, 6.45) is 1.75. The first-order chi connectivity index (χ1) is 11.5. The van der Waals surface area contributed by atoms with Crippen molar-refractivity contribution in [3.63, 3.8) is 0 Å². The molecule has 7 nitrogen and oxygen atoms in total. The number of rotatable bonds is 4. The van der Waals surface area contributed by atoms with E-state index in [1.165, 1.54) is 10.7 Å². The molecule has 24 heavy (non-hydrogen) atoms. The van der Waals surface area contributed by atoms with Crippen molar-refractivity contribution >= 4 is 17.2 Å². The fourth-order valence-corrected chi connectivity index (χ4v) is 3.24. The lowest BCUT2D eigenvalue weighted by atomic mass is 10.0. The first-order valence-electron chi connectivity index (χ1n) is 7.91. The van der Waals surface area contributed by atoms with E-state index < -0.39 is 4.92 Å². The van der Waals surface area contributed by atoms with Crippen molar-refractivity contribution in [1.82, 2.24) is 9.78 Å². The zero-order valence-corrected chi connectivity index (χ0v) is 13.7. The Morgan fingerprint density at radius 2 is 2.17 bits per heavy atom. The normalized spacial score (nSPS) is 17.8. The maximum absolute atomic E-state index is 14.0. The Morgan fingerprint density at radius 3 is 2.88 bits per heavy atom. The van der Waals surface area contributed by atoms with Crippen LogP contribution in [-0.2, 0) is 7.05 Å². The van der Waals surface area contributed by atoms with Crippen LogP contribution in [0.3, 0.4) is 0 Å². The van der Waals surface area contributed by atoms with Crippen LogP contribution >= 0.6 is 0 Å². The van der Waals surface area contributed by atoms with E-state index in [0.29, 0.717) is 23.7 Å². The molecule has 8 heteroatoms. The third-order valence-electron chi connectivity index (χ3n) is 4.33. The summed E-state index contributed by atoms with van der Waals surface area (Å²) >= 11 is 0. The van der Waals surface area contributed by atoms with Crippen LogP contribution in [0.4, 0.5) is 21.6 Å². The van der Waals surface area contributed by atoms with Gasteiger partial charge in [0.05, 0.1) is 10.6 Å². The lowest BCUT2D eigenvalue weighted by Gasteiger charge is -2.35. The highest BCUT2D eigenvalue weighted by atomic mass is 19.1. The average Bonchev–Trinajstić information content (AvgIpc) is 2.82. The molecule has 128 valence electrons. The molecule has 1 aromatic heterocycles. The Kier molecular flexibility index (Phi) is 4.37. The molecular weight excluding hydrogens is 313 g/mol. The van der Waals surface area contributed by atoms with Gasteiger partial charge >= 0.3 is 5.69 Å². The fourth-order valence-electron chi connectivity index (χ4n) is 3.24. The summed E-state index contributed by atoms with van der Waals surface area (Å²) in [5.41, 5.74) is 0.951. The first-order valence-corrected chi connectivity index (χ1v) is 7.91. The summed E-state index contributed by atoms with van der Waals surface area (Å²) in [6, 6.07) is 6.67. The number of hydrogen-bond donors (Lipinski definition) is 1. The van der Waals surface area contributed by atoms with Crippen LogP contribution in [-0.4, -0.2) is 33.8 Å². The predicted octanol–water partition coefficient (Wildman–Crippen LogP) is 2.86. The largest absolute Gasteiger partial charge is 0.367 e. The highest BCUT2D eigenvalue weighted by Gasteiger charge is 2.28. The summed E-state index contributed by atoms with van der Waals surface area (Å²) in [5, 5.41) is 18.6. The lowest BCUT2D eigenvalue weighted by molar-refractivity contribution is -0.384. The minimum Gasteiger partial charge on any atom is -0.367 e. The molecule has 1 unspecified atom stereocenters. The first kappa shape index (κ1) is 16.2. The third-order valence-corrected chi connectivity index (χ3v) is 4.33. The third kappa shape index (κ3) is 3.04. The van der Waals surface area contributed by atoms with Gasteiger partial charge in [-0.3, -0.25) is 10.1 Å². The summed E-state index contributed by atoms with van der Waals surface area (Å²) in [4.78, 5) is 12.8. The Bertz CT molecular complexity index is 761. The second-order valence-corrected chi connectivity index (χ2v) is 6.04. The van der Waals surface area contributed by atoms with Crippen LogP contribution in [0.2, 0.25) is 0 Å². The number of hydrogen-bond acceptors (Lipinski definition) is 5. The van der Waals surface area contributed by atoms with Crippen LogP contribution < -0.4 is 10.2 Å². The molecule has 0 saturated carbocycles. The number of nitrogens with one attached hydrogen (secondary N) is 1. The van der Waals surface area contributed by atoms with E-state index in [-0.39, 0.29) is 17.5 Å². The fraction of sp³-hybridized carbons (Fsp3) is 0.438. The van der Waals surface area contributed by atoms with Gasteiger partial charge in [-0.25, -0.2) is 9.07 Å². The van der Waals surface area contributed by atoms with E-state index in [1.807, 2.05) is 11.0 Å². The minimum absolute atomic E-state index is 0.000477. The molecule has 0 spiro atoms. The van der Waals surface area contributed by atoms with Crippen LogP contribution in [0.5, 0.6) is 0 Å². The van der Waals surface area contributed by atoms with Gasteiger partial charge in [0.25, 0.3) is 0 Å².